The highest BCUT2D eigenvalue weighted by Crippen LogP contribution is 2.40. The first-order chi connectivity index (χ1) is 13.7. The molecule has 0 saturated heterocycles. The topological polar surface area (TPSA) is 75.6 Å². The lowest BCUT2D eigenvalue weighted by Crippen LogP contribution is -2.03. The van der Waals surface area contributed by atoms with E-state index in [0.29, 0.717) is 40.9 Å². The largest absolute Gasteiger partial charge is 0.493 e. The summed E-state index contributed by atoms with van der Waals surface area (Å²) < 4.78 is 32.6. The van der Waals surface area contributed by atoms with Crippen LogP contribution in [0.1, 0.15) is 11.1 Å². The average molecular weight is 388 g/mol. The van der Waals surface area contributed by atoms with Crippen LogP contribution >= 0.6 is 0 Å². The highest BCUT2D eigenvalue weighted by Gasteiger charge is 2.18. The summed E-state index contributed by atoms with van der Waals surface area (Å²) in [6, 6.07) is 7.44. The van der Waals surface area contributed by atoms with Crippen LogP contribution in [0.3, 0.4) is 0 Å². The van der Waals surface area contributed by atoms with Gasteiger partial charge in [-0.05, 0) is 30.2 Å². The van der Waals surface area contributed by atoms with Gasteiger partial charge in [-0.1, -0.05) is 12.2 Å². The molecular weight excluding hydrogens is 364 g/mol. The number of hydrogen-bond donors (Lipinski definition) is 1. The minimum Gasteiger partial charge on any atom is -0.493 e. The lowest BCUT2D eigenvalue weighted by atomic mass is 10.1. The summed E-state index contributed by atoms with van der Waals surface area (Å²) in [4.78, 5) is 0. The lowest BCUT2D eigenvalue weighted by Gasteiger charge is -2.13. The lowest BCUT2D eigenvalue weighted by molar-refractivity contribution is 0.173. The van der Waals surface area contributed by atoms with Gasteiger partial charge in [0.1, 0.15) is 12.4 Å². The smallest absolute Gasteiger partial charge is 0.231 e. The van der Waals surface area contributed by atoms with E-state index in [1.165, 1.54) is 0 Å². The second kappa shape index (κ2) is 9.23. The van der Waals surface area contributed by atoms with Crippen molar-refractivity contribution in [3.8, 4) is 34.5 Å². The standard InChI is InChI=1S/C21H24O7/c1-23-19-9-14(10-20(24-2)21(19)25-3)5-4-6-15-11-17-18(28-13-27-17)12-16(15)26-8-7-22/h4-5,9-12,22H,6-8,13H2,1-3H3/b5-4+. The molecule has 0 atom stereocenters. The molecule has 7 heteroatoms. The molecule has 3 rings (SSSR count). The normalized spacial score (nSPS) is 12.3. The van der Waals surface area contributed by atoms with Gasteiger partial charge in [-0.2, -0.15) is 0 Å². The number of allylic oxidation sites excluding steroid dienone is 1. The summed E-state index contributed by atoms with van der Waals surface area (Å²) in [6.45, 7) is 0.345. The van der Waals surface area contributed by atoms with Crippen molar-refractivity contribution in [2.75, 3.05) is 41.3 Å². The number of fused-ring (bicyclic) bond motifs is 1. The third kappa shape index (κ3) is 4.26. The zero-order valence-electron chi connectivity index (χ0n) is 16.2. The highest BCUT2D eigenvalue weighted by atomic mass is 16.7. The van der Waals surface area contributed by atoms with Crippen LogP contribution in [0.15, 0.2) is 30.3 Å². The molecule has 1 N–H and O–H groups in total. The van der Waals surface area contributed by atoms with E-state index in [9.17, 15) is 0 Å². The van der Waals surface area contributed by atoms with Gasteiger partial charge in [0.2, 0.25) is 12.5 Å². The summed E-state index contributed by atoms with van der Waals surface area (Å²) in [7, 11) is 4.74. The maximum absolute atomic E-state index is 9.05. The summed E-state index contributed by atoms with van der Waals surface area (Å²) in [5.41, 5.74) is 1.84. The van der Waals surface area contributed by atoms with Crippen molar-refractivity contribution in [2.45, 2.75) is 6.42 Å². The first kappa shape index (κ1) is 19.7. The summed E-state index contributed by atoms with van der Waals surface area (Å²) in [6.07, 6.45) is 4.57. The van der Waals surface area contributed by atoms with Crippen LogP contribution in [0.4, 0.5) is 0 Å². The fraction of sp³-hybridized carbons (Fsp3) is 0.333. The average Bonchev–Trinajstić information content (AvgIpc) is 3.18. The molecule has 28 heavy (non-hydrogen) atoms. The van der Waals surface area contributed by atoms with Gasteiger partial charge in [0, 0.05) is 11.6 Å². The Hall–Kier alpha value is -3.06. The first-order valence-electron chi connectivity index (χ1n) is 8.82. The number of benzene rings is 2. The number of methoxy groups -OCH3 is 3. The monoisotopic (exact) mass is 388 g/mol. The van der Waals surface area contributed by atoms with Crippen LogP contribution in [0.25, 0.3) is 6.08 Å². The highest BCUT2D eigenvalue weighted by molar-refractivity contribution is 5.62. The maximum Gasteiger partial charge on any atom is 0.231 e. The molecule has 1 heterocycles. The Morgan fingerprint density at radius 3 is 2.21 bits per heavy atom. The van der Waals surface area contributed by atoms with Crippen molar-refractivity contribution < 1.29 is 33.5 Å². The van der Waals surface area contributed by atoms with E-state index in [2.05, 4.69) is 0 Å². The predicted octanol–water partition coefficient (Wildman–Crippen LogP) is 3.07. The Balaban J connectivity index is 1.82. The van der Waals surface area contributed by atoms with E-state index in [0.717, 1.165) is 11.1 Å². The molecule has 0 fully saturated rings. The number of aliphatic hydroxyl groups is 1. The minimum absolute atomic E-state index is 0.0604. The molecule has 2 aromatic carbocycles. The molecule has 0 unspecified atom stereocenters. The molecular formula is C21H24O7. The Morgan fingerprint density at radius 1 is 0.929 bits per heavy atom. The third-order valence-corrected chi connectivity index (χ3v) is 4.24. The molecule has 2 aromatic rings. The molecule has 0 spiro atoms. The van der Waals surface area contributed by atoms with Crippen molar-refractivity contribution in [3.63, 3.8) is 0 Å². The molecule has 1 aliphatic rings. The molecule has 0 radical (unpaired) electrons. The van der Waals surface area contributed by atoms with Crippen molar-refractivity contribution in [1.29, 1.82) is 0 Å². The molecule has 1 aliphatic heterocycles. The fourth-order valence-electron chi connectivity index (χ4n) is 2.93. The molecule has 150 valence electrons. The summed E-state index contributed by atoms with van der Waals surface area (Å²) in [5.74, 6) is 3.73. The second-order valence-electron chi connectivity index (χ2n) is 5.95. The van der Waals surface area contributed by atoms with E-state index in [-0.39, 0.29) is 20.0 Å². The van der Waals surface area contributed by atoms with E-state index in [1.54, 1.807) is 27.4 Å². The van der Waals surface area contributed by atoms with E-state index >= 15 is 0 Å². The summed E-state index contributed by atoms with van der Waals surface area (Å²) >= 11 is 0. The van der Waals surface area contributed by atoms with Gasteiger partial charge in [-0.3, -0.25) is 0 Å². The van der Waals surface area contributed by atoms with Gasteiger partial charge in [0.15, 0.2) is 23.0 Å². The zero-order chi connectivity index (χ0) is 19.9. The first-order valence-corrected chi connectivity index (χ1v) is 8.82. The Bertz CT molecular complexity index is 820. The Labute approximate surface area is 164 Å². The molecule has 0 aromatic heterocycles. The molecule has 7 nitrogen and oxygen atoms in total. The van der Waals surface area contributed by atoms with Crippen LogP contribution in [-0.2, 0) is 6.42 Å². The second-order valence-corrected chi connectivity index (χ2v) is 5.95. The number of aliphatic hydroxyl groups excluding tert-OH is 1. The van der Waals surface area contributed by atoms with Gasteiger partial charge in [-0.25, -0.2) is 0 Å². The molecule has 0 amide bonds. The minimum atomic E-state index is -0.0604. The van der Waals surface area contributed by atoms with Crippen LogP contribution in [0.5, 0.6) is 34.5 Å². The maximum atomic E-state index is 9.05. The number of ether oxygens (including phenoxy) is 6. The van der Waals surface area contributed by atoms with Crippen molar-refractivity contribution in [2.24, 2.45) is 0 Å². The fourth-order valence-corrected chi connectivity index (χ4v) is 2.93. The number of hydrogen-bond acceptors (Lipinski definition) is 7. The quantitative estimate of drug-likeness (QED) is 0.707. The van der Waals surface area contributed by atoms with Crippen molar-refractivity contribution >= 4 is 6.08 Å². The molecule has 0 saturated carbocycles. The van der Waals surface area contributed by atoms with Crippen LogP contribution in [-0.4, -0.2) is 46.4 Å². The molecule has 0 bridgehead atoms. The van der Waals surface area contributed by atoms with Gasteiger partial charge in [0.05, 0.1) is 27.9 Å². The van der Waals surface area contributed by atoms with Crippen LogP contribution < -0.4 is 28.4 Å². The van der Waals surface area contributed by atoms with Gasteiger partial charge < -0.3 is 33.5 Å². The van der Waals surface area contributed by atoms with Gasteiger partial charge in [0.25, 0.3) is 0 Å². The van der Waals surface area contributed by atoms with Crippen LogP contribution in [0.2, 0.25) is 0 Å². The van der Waals surface area contributed by atoms with E-state index in [4.69, 9.17) is 33.5 Å². The Morgan fingerprint density at radius 2 is 1.61 bits per heavy atom. The third-order valence-electron chi connectivity index (χ3n) is 4.24. The van der Waals surface area contributed by atoms with E-state index < -0.39 is 0 Å². The number of rotatable bonds is 9. The Kier molecular flexibility index (Phi) is 6.49. The van der Waals surface area contributed by atoms with Crippen LogP contribution in [0, 0.1) is 0 Å². The van der Waals surface area contributed by atoms with Crippen molar-refractivity contribution in [3.05, 3.63) is 41.5 Å². The van der Waals surface area contributed by atoms with Crippen molar-refractivity contribution in [1.82, 2.24) is 0 Å². The van der Waals surface area contributed by atoms with E-state index in [1.807, 2.05) is 30.4 Å². The predicted molar refractivity (Wildman–Crippen MR) is 104 cm³/mol. The zero-order valence-corrected chi connectivity index (χ0v) is 16.2. The SMILES string of the molecule is COc1cc(/C=C/Cc2cc3c(cc2OCCO)OCO3)cc(OC)c1OC. The van der Waals surface area contributed by atoms with Gasteiger partial charge >= 0.3 is 0 Å². The summed E-state index contributed by atoms with van der Waals surface area (Å²) in [5, 5.41) is 9.05. The molecule has 0 aliphatic carbocycles. The van der Waals surface area contributed by atoms with Gasteiger partial charge in [-0.15, -0.1) is 0 Å².